The Labute approximate surface area is 831 Å². The summed E-state index contributed by atoms with van der Waals surface area (Å²) >= 11 is 0. The molecule has 24 aromatic rings. The minimum Gasteiger partial charge on any atom is -0.337 e. The SMILES string of the molecule is CC(C)C(=O)Nc1cncc(-c2cnc3n[nH]c(-c4nc5c(-c6cccc(F)c6)cccc5[nH]4)c3c2)c1.CCC(=O)Cc1ccc(-c2cnc3n[nH]c(-c4nc5c(-c6cccc(F)c6)cccc5[nH]4)c3c2)cn1.CN(C)C(=O)Nc1cncc(-c2cnc3n[nH]c(-c4nc5c(-c6ccc(F)cc6)cccc5[nH]4)c3c2)c1.O=C(Nc1cncc(-c2cnc3n[nH]c(-c4nc5c(-c6cccc(F)c6)cccc5[nH]4)c3c2)c1)C1CC1. The van der Waals surface area contributed by atoms with E-state index >= 15 is 0 Å². The number of ketones is 1. The molecule has 147 heavy (non-hydrogen) atoms. The summed E-state index contributed by atoms with van der Waals surface area (Å²) in [7, 11) is 3.34. The van der Waals surface area contributed by atoms with E-state index < -0.39 is 0 Å². The van der Waals surface area contributed by atoms with Gasteiger partial charge in [0.15, 0.2) is 45.9 Å². The van der Waals surface area contributed by atoms with Crippen molar-refractivity contribution in [2.24, 2.45) is 11.8 Å². The Balaban J connectivity index is 0.000000111. The topological polar surface area (TPSA) is 440 Å². The number of aromatic amines is 8. The normalized spacial score (nSPS) is 11.9. The van der Waals surface area contributed by atoms with Crippen LogP contribution in [0.1, 0.15) is 45.7 Å². The van der Waals surface area contributed by atoms with Crippen molar-refractivity contribution in [1.82, 2.24) is 125 Å². The number of nitrogens with zero attached hydrogens (tertiary/aromatic N) is 17. The third-order valence-electron chi connectivity index (χ3n) is 25.0. The molecule has 1 aliphatic carbocycles. The van der Waals surface area contributed by atoms with E-state index in [2.05, 4.69) is 117 Å². The number of Topliss-reactive ketones (excluding diaryl/α,β-unsaturated/α-hetero) is 1. The molecular weight excluding hydrogens is 1870 g/mol. The van der Waals surface area contributed by atoms with Crippen molar-refractivity contribution in [2.75, 3.05) is 30.0 Å². The number of H-pyrrole nitrogens is 8. The van der Waals surface area contributed by atoms with Crippen molar-refractivity contribution in [2.45, 2.75) is 46.5 Å². The molecule has 0 spiro atoms. The van der Waals surface area contributed by atoms with E-state index in [0.29, 0.717) is 98.6 Å². The average molecular weight is 1950 g/mol. The molecular formula is C111H84F4N28O4. The second kappa shape index (κ2) is 39.4. The van der Waals surface area contributed by atoms with Crippen molar-refractivity contribution < 1.29 is 36.7 Å². The Bertz CT molecular complexity index is 8960. The maximum atomic E-state index is 13.9. The first kappa shape index (κ1) is 92.4. The summed E-state index contributed by atoms with van der Waals surface area (Å²) in [6.07, 6.45) is 21.4. The van der Waals surface area contributed by atoms with E-state index in [4.69, 9.17) is 19.9 Å². The summed E-state index contributed by atoms with van der Waals surface area (Å²) in [6, 6.07) is 66.0. The lowest BCUT2D eigenvalue weighted by Crippen LogP contribution is -2.27. The summed E-state index contributed by atoms with van der Waals surface area (Å²) in [5.74, 6) is 1.33. The lowest BCUT2D eigenvalue weighted by atomic mass is 10.0. The third kappa shape index (κ3) is 19.4. The van der Waals surface area contributed by atoms with E-state index in [1.807, 2.05) is 166 Å². The molecule has 720 valence electrons. The summed E-state index contributed by atoms with van der Waals surface area (Å²) in [4.78, 5) is 118. The number of urea groups is 1. The van der Waals surface area contributed by atoms with Crippen LogP contribution in [-0.2, 0) is 20.8 Å². The number of carbonyl (C=O) groups excluding carboxylic acids is 4. The van der Waals surface area contributed by atoms with Gasteiger partial charge in [0, 0.05) is 161 Å². The maximum Gasteiger partial charge on any atom is 0.321 e. The highest BCUT2D eigenvalue weighted by atomic mass is 19.1. The van der Waals surface area contributed by atoms with E-state index in [1.165, 1.54) is 53.4 Å². The maximum absolute atomic E-state index is 13.9. The monoisotopic (exact) mass is 1950 g/mol. The van der Waals surface area contributed by atoms with Crippen molar-refractivity contribution >= 4 is 129 Å². The summed E-state index contributed by atoms with van der Waals surface area (Å²) in [5.41, 5.74) is 27.1. The number of pyridine rings is 8. The van der Waals surface area contributed by atoms with Gasteiger partial charge in [-0.15, -0.1) is 0 Å². The van der Waals surface area contributed by atoms with Crippen LogP contribution in [0.25, 0.3) is 223 Å². The minimum absolute atomic E-state index is 0.0344. The van der Waals surface area contributed by atoms with Gasteiger partial charge in [-0.25, -0.2) is 62.2 Å². The first-order valence-electron chi connectivity index (χ1n) is 46.9. The van der Waals surface area contributed by atoms with Crippen LogP contribution < -0.4 is 16.0 Å². The molecule has 0 unspecified atom stereocenters. The second-order valence-corrected chi connectivity index (χ2v) is 35.7. The average Bonchev–Trinajstić information content (AvgIpc) is 1.62. The standard InChI is InChI=1S/C28H20FN7O.C28H22FN7O.C28H21FN6O.C27H21FN8O/c29-19-4-1-3-16(9-19)21-5-2-6-23-24(21)34-27(33-23)25-22-11-18(13-31-26(22)36-35-25)17-10-20(14-30-12-17)32-28(37)15-7-8-15;1-15(2)28(37)32-20-10-17(12-30-14-20)18-11-22-25(35-36-26(22)31-13-18)27-33-23-8-4-7-21(24(23)34-27)16-5-3-6-19(29)9-16;1-2-21(36)13-20-10-9-17(14-30-20)18-12-23-26(34-35-27(23)31-15-18)28-32-24-8-4-7-22(25(24)33-28)16-5-3-6-19(29)11-16;1-36(2)27(37)31-19-10-16(12-29-14-19)17-11-21-24(34-35-25(21)30-13-17)26-32-22-5-3-4-20(23(22)33-26)15-6-8-18(28)9-7-15/h1-6,9-15H,7-8H2,(H,32,37)(H,33,34)(H,31,35,36);3-15H,1-2H3,(H,32,37)(H,33,34)(H,31,35,36);3-12,14-15H,2,13H2,1H3,(H,32,33)(H,31,34,35);3-14H,1-2H3,(H,31,37)(H,32,33)(H,30,34,35). The van der Waals surface area contributed by atoms with E-state index in [0.717, 1.165) is 173 Å². The van der Waals surface area contributed by atoms with Crippen LogP contribution >= 0.6 is 0 Å². The number of amides is 4. The number of imidazole rings is 4. The number of nitrogens with one attached hydrogen (secondary N) is 11. The molecule has 0 aliphatic heterocycles. The summed E-state index contributed by atoms with van der Waals surface area (Å²) in [6.45, 7) is 5.53. The number of hydrogen-bond donors (Lipinski definition) is 11. The van der Waals surface area contributed by atoms with Crippen LogP contribution in [0.4, 0.5) is 39.4 Å². The van der Waals surface area contributed by atoms with Gasteiger partial charge in [-0.05, 0) is 156 Å². The molecule has 16 heterocycles. The highest BCUT2D eigenvalue weighted by molar-refractivity contribution is 6.04. The number of carbonyl (C=O) groups is 4. The Morgan fingerprint density at radius 2 is 0.680 bits per heavy atom. The number of halogens is 4. The molecule has 0 radical (unpaired) electrons. The van der Waals surface area contributed by atoms with Gasteiger partial charge < -0.3 is 40.8 Å². The third-order valence-corrected chi connectivity index (χ3v) is 25.0. The summed E-state index contributed by atoms with van der Waals surface area (Å²) in [5, 5.41) is 41.4. The molecule has 11 N–H and O–H groups in total. The van der Waals surface area contributed by atoms with Gasteiger partial charge in [0.2, 0.25) is 11.8 Å². The van der Waals surface area contributed by atoms with E-state index in [1.54, 1.807) is 113 Å². The summed E-state index contributed by atoms with van der Waals surface area (Å²) < 4.78 is 55.1. The van der Waals surface area contributed by atoms with Gasteiger partial charge in [-0.3, -0.25) is 54.7 Å². The molecule has 4 amide bonds. The first-order chi connectivity index (χ1) is 71.6. The molecule has 1 saturated carbocycles. The van der Waals surface area contributed by atoms with Crippen LogP contribution in [0.5, 0.6) is 0 Å². The highest BCUT2D eigenvalue weighted by Gasteiger charge is 2.31. The van der Waals surface area contributed by atoms with Gasteiger partial charge in [0.05, 0.1) is 101 Å². The van der Waals surface area contributed by atoms with Crippen molar-refractivity contribution in [3.8, 4) is 135 Å². The molecule has 32 nitrogen and oxygen atoms in total. The predicted molar refractivity (Wildman–Crippen MR) is 557 cm³/mol. The van der Waals surface area contributed by atoms with Crippen LogP contribution in [0.15, 0.2) is 293 Å². The molecule has 0 saturated heterocycles. The van der Waals surface area contributed by atoms with Crippen LogP contribution in [-0.4, -0.2) is 163 Å². The lowest BCUT2D eigenvalue weighted by molar-refractivity contribution is -0.119. The Kier molecular flexibility index (Phi) is 24.8. The smallest absolute Gasteiger partial charge is 0.321 e. The molecule has 1 fully saturated rings. The first-order valence-corrected chi connectivity index (χ1v) is 46.9. The fraction of sp³-hybridized carbons (Fsp3) is 0.0991. The molecule has 36 heteroatoms. The molecule has 8 aromatic carbocycles. The number of anilines is 3. The van der Waals surface area contributed by atoms with Crippen LogP contribution in [0.2, 0.25) is 0 Å². The highest BCUT2D eigenvalue weighted by Crippen LogP contribution is 2.41. The Morgan fingerprint density at radius 1 is 0.347 bits per heavy atom. The van der Waals surface area contributed by atoms with Crippen molar-refractivity contribution in [3.05, 3.63) is 322 Å². The van der Waals surface area contributed by atoms with E-state index in [-0.39, 0.29) is 58.7 Å². The van der Waals surface area contributed by atoms with Gasteiger partial charge in [0.1, 0.15) is 51.8 Å². The minimum atomic E-state index is -0.300. The zero-order valence-corrected chi connectivity index (χ0v) is 78.9. The number of benzene rings is 8. The molecule has 0 bridgehead atoms. The van der Waals surface area contributed by atoms with Crippen molar-refractivity contribution in [3.63, 3.8) is 0 Å². The number of aromatic nitrogens is 24. The van der Waals surface area contributed by atoms with Crippen molar-refractivity contribution in [1.29, 1.82) is 0 Å². The number of fused-ring (bicyclic) bond motifs is 8. The van der Waals surface area contributed by atoms with Gasteiger partial charge >= 0.3 is 6.03 Å². The van der Waals surface area contributed by atoms with Gasteiger partial charge in [-0.1, -0.05) is 124 Å². The molecule has 1 aliphatic rings. The number of rotatable bonds is 20. The van der Waals surface area contributed by atoms with Crippen LogP contribution in [0.3, 0.4) is 0 Å². The van der Waals surface area contributed by atoms with Crippen LogP contribution in [0, 0.1) is 35.1 Å². The predicted octanol–water partition coefficient (Wildman–Crippen LogP) is 23.0. The van der Waals surface area contributed by atoms with E-state index in [9.17, 15) is 36.7 Å². The Morgan fingerprint density at radius 3 is 1.02 bits per heavy atom. The largest absolute Gasteiger partial charge is 0.337 e. The quantitative estimate of drug-likeness (QED) is 0.0316. The molecule has 16 aromatic heterocycles. The number of para-hydroxylation sites is 4. The zero-order chi connectivity index (χ0) is 101. The zero-order valence-electron chi connectivity index (χ0n) is 78.9. The second-order valence-electron chi connectivity index (χ2n) is 35.7. The lowest BCUT2D eigenvalue weighted by Gasteiger charge is -2.12. The Hall–Kier alpha value is -19.7. The molecule has 0 atom stereocenters. The molecule has 25 rings (SSSR count). The van der Waals surface area contributed by atoms with Gasteiger partial charge in [0.25, 0.3) is 0 Å². The number of hydrogen-bond acceptors (Lipinski definition) is 20. The van der Waals surface area contributed by atoms with Gasteiger partial charge in [-0.2, -0.15) is 20.4 Å². The fourth-order valence-electron chi connectivity index (χ4n) is 17.2. The fourth-order valence-corrected chi connectivity index (χ4v) is 17.2.